The first-order valence-electron chi connectivity index (χ1n) is 8.78. The van der Waals surface area contributed by atoms with Gasteiger partial charge in [-0.1, -0.05) is 35.5 Å². The zero-order valence-electron chi connectivity index (χ0n) is 14.3. The van der Waals surface area contributed by atoms with E-state index in [0.717, 1.165) is 11.1 Å². The fraction of sp³-hybridized carbons (Fsp3) is 0.250. The lowest BCUT2D eigenvalue weighted by Crippen LogP contribution is -2.27. The normalized spacial score (nSPS) is 21.9. The topological polar surface area (TPSA) is 77.3 Å². The van der Waals surface area contributed by atoms with E-state index in [-0.39, 0.29) is 36.2 Å². The molecule has 2 aromatic carbocycles. The molecule has 2 heterocycles. The van der Waals surface area contributed by atoms with Crippen LogP contribution in [-0.2, 0) is 17.8 Å². The van der Waals surface area contributed by atoms with E-state index in [9.17, 15) is 9.18 Å². The van der Waals surface area contributed by atoms with Crippen LogP contribution >= 0.6 is 0 Å². The second-order valence-electron chi connectivity index (χ2n) is 6.80. The predicted octanol–water partition coefficient (Wildman–Crippen LogP) is 2.59. The van der Waals surface area contributed by atoms with Crippen molar-refractivity contribution in [2.45, 2.75) is 25.0 Å². The lowest BCUT2D eigenvalue weighted by molar-refractivity contribution is -0.123. The van der Waals surface area contributed by atoms with Gasteiger partial charge < -0.3 is 14.6 Å². The SMILES string of the molecule is O=C(NCc1nc(Cc2ccccc2)no1)C1C2Oc3ccc(F)cc3C21. The van der Waals surface area contributed by atoms with Crippen LogP contribution in [-0.4, -0.2) is 22.2 Å². The third kappa shape index (κ3) is 2.95. The van der Waals surface area contributed by atoms with Crippen LogP contribution < -0.4 is 10.1 Å². The van der Waals surface area contributed by atoms with E-state index >= 15 is 0 Å². The maximum atomic E-state index is 13.4. The molecule has 6 nitrogen and oxygen atoms in total. The van der Waals surface area contributed by atoms with Crippen molar-refractivity contribution in [3.63, 3.8) is 0 Å². The number of hydrogen-bond donors (Lipinski definition) is 1. The molecule has 5 rings (SSSR count). The van der Waals surface area contributed by atoms with Gasteiger partial charge in [-0.25, -0.2) is 4.39 Å². The van der Waals surface area contributed by atoms with Crippen LogP contribution in [0.5, 0.6) is 5.75 Å². The second kappa shape index (κ2) is 6.19. The third-order valence-corrected chi connectivity index (χ3v) is 4.98. The Bertz CT molecular complexity index is 1000. The number of aromatic nitrogens is 2. The number of ether oxygens (including phenoxy) is 1. The average Bonchev–Trinajstić information content (AvgIpc) is 3.01. The van der Waals surface area contributed by atoms with Gasteiger partial charge in [-0.15, -0.1) is 0 Å². The van der Waals surface area contributed by atoms with Gasteiger partial charge in [-0.2, -0.15) is 4.98 Å². The van der Waals surface area contributed by atoms with E-state index in [1.807, 2.05) is 30.3 Å². The van der Waals surface area contributed by atoms with E-state index in [4.69, 9.17) is 9.26 Å². The number of fused-ring (bicyclic) bond motifs is 3. The Hall–Kier alpha value is -3.22. The smallest absolute Gasteiger partial charge is 0.246 e. The molecule has 1 N–H and O–H groups in total. The highest BCUT2D eigenvalue weighted by molar-refractivity contribution is 5.85. The Morgan fingerprint density at radius 1 is 1.19 bits per heavy atom. The van der Waals surface area contributed by atoms with Crippen molar-refractivity contribution >= 4 is 5.91 Å². The summed E-state index contributed by atoms with van der Waals surface area (Å²) in [5, 5.41) is 6.75. The third-order valence-electron chi connectivity index (χ3n) is 4.98. The number of rotatable bonds is 5. The van der Waals surface area contributed by atoms with Crippen molar-refractivity contribution in [1.82, 2.24) is 15.5 Å². The highest BCUT2D eigenvalue weighted by Crippen LogP contribution is 2.58. The quantitative estimate of drug-likeness (QED) is 0.752. The minimum Gasteiger partial charge on any atom is -0.489 e. The Balaban J connectivity index is 1.18. The van der Waals surface area contributed by atoms with Crippen molar-refractivity contribution in [2.24, 2.45) is 5.92 Å². The molecule has 0 spiro atoms. The number of benzene rings is 2. The minimum absolute atomic E-state index is 0.0768. The van der Waals surface area contributed by atoms with Gasteiger partial charge in [0.15, 0.2) is 5.82 Å². The van der Waals surface area contributed by atoms with Gasteiger partial charge in [-0.05, 0) is 23.8 Å². The van der Waals surface area contributed by atoms with Crippen LogP contribution in [0.25, 0.3) is 0 Å². The molecule has 1 saturated carbocycles. The van der Waals surface area contributed by atoms with Crippen molar-refractivity contribution in [1.29, 1.82) is 0 Å². The van der Waals surface area contributed by atoms with Crippen LogP contribution in [0.1, 0.15) is 28.8 Å². The van der Waals surface area contributed by atoms with E-state index in [1.165, 1.54) is 12.1 Å². The van der Waals surface area contributed by atoms with Gasteiger partial charge in [0.25, 0.3) is 0 Å². The summed E-state index contributed by atoms with van der Waals surface area (Å²) in [5.41, 5.74) is 1.85. The summed E-state index contributed by atoms with van der Waals surface area (Å²) in [6.45, 7) is 0.159. The molecular formula is C20H16FN3O3. The fourth-order valence-corrected chi connectivity index (χ4v) is 3.64. The molecule has 1 aliphatic carbocycles. The van der Waals surface area contributed by atoms with Gasteiger partial charge in [0.2, 0.25) is 11.8 Å². The number of halogens is 1. The number of hydrogen-bond acceptors (Lipinski definition) is 5. The van der Waals surface area contributed by atoms with Crippen LogP contribution in [0, 0.1) is 11.7 Å². The molecule has 0 radical (unpaired) electrons. The van der Waals surface area contributed by atoms with Crippen molar-refractivity contribution in [3.05, 3.63) is 77.2 Å². The molecule has 27 heavy (non-hydrogen) atoms. The highest BCUT2D eigenvalue weighted by atomic mass is 19.1. The summed E-state index contributed by atoms with van der Waals surface area (Å²) in [6, 6.07) is 14.3. The van der Waals surface area contributed by atoms with Crippen LogP contribution in [0.3, 0.4) is 0 Å². The minimum atomic E-state index is -0.319. The van der Waals surface area contributed by atoms with Crippen LogP contribution in [0.4, 0.5) is 4.39 Å². The molecule has 1 fully saturated rings. The number of amides is 1. The summed E-state index contributed by atoms with van der Waals surface area (Å²) in [4.78, 5) is 16.7. The first-order valence-corrected chi connectivity index (χ1v) is 8.78. The molecular weight excluding hydrogens is 349 g/mol. The Morgan fingerprint density at radius 2 is 2.04 bits per heavy atom. The Kier molecular flexibility index (Phi) is 3.67. The van der Waals surface area contributed by atoms with E-state index in [0.29, 0.717) is 23.9 Å². The molecule has 3 aromatic rings. The molecule has 1 aliphatic heterocycles. The monoisotopic (exact) mass is 365 g/mol. The van der Waals surface area contributed by atoms with Gasteiger partial charge in [0.05, 0.1) is 12.5 Å². The lowest BCUT2D eigenvalue weighted by atomic mass is 10.1. The van der Waals surface area contributed by atoms with Crippen molar-refractivity contribution < 1.29 is 18.4 Å². The summed E-state index contributed by atoms with van der Waals surface area (Å²) in [5.74, 6) is 0.744. The van der Waals surface area contributed by atoms with E-state index < -0.39 is 0 Å². The predicted molar refractivity (Wildman–Crippen MR) is 92.4 cm³/mol. The zero-order valence-corrected chi connectivity index (χ0v) is 14.3. The van der Waals surface area contributed by atoms with Crippen molar-refractivity contribution in [2.75, 3.05) is 0 Å². The standard InChI is InChI=1S/C20H16FN3O3/c21-12-6-7-14-13(9-12)17-18(19(17)26-14)20(25)22-10-16-23-15(24-27-16)8-11-4-2-1-3-5-11/h1-7,9,17-19H,8,10H2,(H,22,25). The molecule has 7 heteroatoms. The van der Waals surface area contributed by atoms with E-state index in [2.05, 4.69) is 15.5 Å². The highest BCUT2D eigenvalue weighted by Gasteiger charge is 2.62. The van der Waals surface area contributed by atoms with E-state index in [1.54, 1.807) is 6.07 Å². The fourth-order valence-electron chi connectivity index (χ4n) is 3.64. The maximum absolute atomic E-state index is 13.4. The summed E-state index contributed by atoms with van der Waals surface area (Å²) >= 11 is 0. The number of nitrogens with one attached hydrogen (secondary N) is 1. The molecule has 0 bridgehead atoms. The average molecular weight is 365 g/mol. The zero-order chi connectivity index (χ0) is 18.4. The number of carbonyl (C=O) groups excluding carboxylic acids is 1. The first kappa shape index (κ1) is 16.0. The molecule has 0 saturated heterocycles. The summed E-state index contributed by atoms with van der Waals surface area (Å²) < 4.78 is 24.3. The van der Waals surface area contributed by atoms with Gasteiger partial charge in [-0.3, -0.25) is 4.79 Å². The van der Waals surface area contributed by atoms with Crippen molar-refractivity contribution in [3.8, 4) is 5.75 Å². The molecule has 3 unspecified atom stereocenters. The second-order valence-corrected chi connectivity index (χ2v) is 6.80. The number of carbonyl (C=O) groups is 1. The molecule has 1 amide bonds. The van der Waals surface area contributed by atoms with Crippen LogP contribution in [0.2, 0.25) is 0 Å². The first-order chi connectivity index (χ1) is 13.2. The Labute approximate surface area is 154 Å². The molecule has 1 aromatic heterocycles. The van der Waals surface area contributed by atoms with Gasteiger partial charge >= 0.3 is 0 Å². The summed E-state index contributed by atoms with van der Waals surface area (Å²) in [7, 11) is 0. The maximum Gasteiger partial charge on any atom is 0.246 e. The van der Waals surface area contributed by atoms with Crippen LogP contribution in [0.15, 0.2) is 53.1 Å². The van der Waals surface area contributed by atoms with Gasteiger partial charge in [0.1, 0.15) is 17.7 Å². The molecule has 136 valence electrons. The summed E-state index contributed by atoms with van der Waals surface area (Å²) in [6.07, 6.45) is 0.361. The molecule has 3 atom stereocenters. The number of nitrogens with zero attached hydrogens (tertiary/aromatic N) is 2. The lowest BCUT2D eigenvalue weighted by Gasteiger charge is -2.08. The van der Waals surface area contributed by atoms with Gasteiger partial charge in [0, 0.05) is 17.9 Å². The largest absolute Gasteiger partial charge is 0.489 e. The Morgan fingerprint density at radius 3 is 2.89 bits per heavy atom. The molecule has 2 aliphatic rings.